The molecule has 0 atom stereocenters. The molecule has 1 nitrogen and oxygen atoms in total. The maximum absolute atomic E-state index is 9.56. The van der Waals surface area contributed by atoms with Gasteiger partial charge in [-0.05, 0) is 12.2 Å². The van der Waals surface area contributed by atoms with Gasteiger partial charge in [0, 0.05) is 4.90 Å². The van der Waals surface area contributed by atoms with E-state index in [9.17, 15) is 5.11 Å². The van der Waals surface area contributed by atoms with Gasteiger partial charge in [0.15, 0.2) is 5.75 Å². The van der Waals surface area contributed by atoms with Crippen LogP contribution in [0.25, 0.3) is 0 Å². The van der Waals surface area contributed by atoms with Gasteiger partial charge >= 0.3 is 0 Å². The quantitative estimate of drug-likeness (QED) is 0.388. The SMILES string of the molecule is CCCCCSc1c(Cl)c(Cl)c(O)c(Cl)c1Cl. The second-order valence-corrected chi connectivity index (χ2v) is 6.11. The van der Waals surface area contributed by atoms with Crippen LogP contribution >= 0.6 is 58.2 Å². The van der Waals surface area contributed by atoms with Crippen LogP contribution in [0.5, 0.6) is 5.75 Å². The van der Waals surface area contributed by atoms with Gasteiger partial charge in [0.1, 0.15) is 10.0 Å². The smallest absolute Gasteiger partial charge is 0.155 e. The van der Waals surface area contributed by atoms with Gasteiger partial charge in [-0.2, -0.15) is 0 Å². The third-order valence-electron chi connectivity index (χ3n) is 2.19. The van der Waals surface area contributed by atoms with Crippen LogP contribution in [0.4, 0.5) is 0 Å². The summed E-state index contributed by atoms with van der Waals surface area (Å²) in [7, 11) is 0. The van der Waals surface area contributed by atoms with Crippen molar-refractivity contribution in [2.24, 2.45) is 0 Å². The van der Waals surface area contributed by atoms with Gasteiger partial charge in [-0.25, -0.2) is 0 Å². The van der Waals surface area contributed by atoms with E-state index < -0.39 is 0 Å². The Balaban J connectivity index is 2.92. The van der Waals surface area contributed by atoms with Crippen LogP contribution in [0.1, 0.15) is 26.2 Å². The zero-order valence-corrected chi connectivity index (χ0v) is 13.0. The van der Waals surface area contributed by atoms with Crippen molar-refractivity contribution >= 4 is 58.2 Å². The van der Waals surface area contributed by atoms with Crippen LogP contribution < -0.4 is 0 Å². The van der Waals surface area contributed by atoms with E-state index in [0.717, 1.165) is 25.0 Å². The summed E-state index contributed by atoms with van der Waals surface area (Å²) in [6.45, 7) is 2.14. The van der Waals surface area contributed by atoms with Gasteiger partial charge in [0.25, 0.3) is 0 Å². The number of hydrogen-bond acceptors (Lipinski definition) is 2. The fourth-order valence-corrected chi connectivity index (χ4v) is 3.55. The van der Waals surface area contributed by atoms with E-state index in [1.165, 1.54) is 11.8 Å². The Morgan fingerprint density at radius 1 is 0.941 bits per heavy atom. The Labute approximate surface area is 125 Å². The first-order chi connectivity index (χ1) is 8.00. The molecule has 0 heterocycles. The van der Waals surface area contributed by atoms with Gasteiger partial charge in [0.2, 0.25) is 0 Å². The topological polar surface area (TPSA) is 20.2 Å². The molecule has 0 fully saturated rings. The summed E-state index contributed by atoms with van der Waals surface area (Å²) in [6.07, 6.45) is 3.38. The van der Waals surface area contributed by atoms with Crippen molar-refractivity contribution in [1.82, 2.24) is 0 Å². The second-order valence-electron chi connectivity index (χ2n) is 3.49. The number of unbranched alkanes of at least 4 members (excludes halogenated alkanes) is 2. The third-order valence-corrected chi connectivity index (χ3v) is 5.29. The Kier molecular flexibility index (Phi) is 6.60. The molecule has 1 aromatic rings. The predicted molar refractivity (Wildman–Crippen MR) is 78.4 cm³/mol. The molecule has 0 saturated heterocycles. The van der Waals surface area contributed by atoms with Gasteiger partial charge < -0.3 is 5.11 Å². The summed E-state index contributed by atoms with van der Waals surface area (Å²) in [6, 6.07) is 0. The zero-order chi connectivity index (χ0) is 13.0. The Bertz CT molecular complexity index is 380. The summed E-state index contributed by atoms with van der Waals surface area (Å²) >= 11 is 25.3. The minimum absolute atomic E-state index is 0.0547. The van der Waals surface area contributed by atoms with E-state index in [1.54, 1.807) is 0 Å². The Morgan fingerprint density at radius 2 is 1.47 bits per heavy atom. The molecule has 0 saturated carbocycles. The number of thioether (sulfide) groups is 1. The summed E-state index contributed by atoms with van der Waals surface area (Å²) < 4.78 is 0. The third kappa shape index (κ3) is 3.74. The van der Waals surface area contributed by atoms with E-state index in [-0.39, 0.29) is 25.8 Å². The summed E-state index contributed by atoms with van der Waals surface area (Å²) in [5.41, 5.74) is 0. The van der Waals surface area contributed by atoms with Crippen molar-refractivity contribution in [2.75, 3.05) is 5.75 Å². The van der Waals surface area contributed by atoms with Crippen LogP contribution in [0.15, 0.2) is 4.90 Å². The first-order valence-electron chi connectivity index (χ1n) is 5.18. The monoisotopic (exact) mass is 332 g/mol. The number of phenols is 1. The molecule has 1 rings (SSSR count). The minimum atomic E-state index is -0.263. The molecule has 0 radical (unpaired) electrons. The van der Waals surface area contributed by atoms with E-state index in [4.69, 9.17) is 46.4 Å². The van der Waals surface area contributed by atoms with Crippen molar-refractivity contribution in [3.8, 4) is 5.75 Å². The molecule has 0 bridgehead atoms. The maximum Gasteiger partial charge on any atom is 0.155 e. The van der Waals surface area contributed by atoms with Gasteiger partial charge in [0.05, 0.1) is 10.0 Å². The molecule has 0 aromatic heterocycles. The summed E-state index contributed by atoms with van der Waals surface area (Å²) in [4.78, 5) is 0.636. The molecule has 0 spiro atoms. The maximum atomic E-state index is 9.56. The second kappa shape index (κ2) is 7.20. The van der Waals surface area contributed by atoms with Gasteiger partial charge in [-0.3, -0.25) is 0 Å². The highest BCUT2D eigenvalue weighted by molar-refractivity contribution is 7.99. The van der Waals surface area contributed by atoms with Crippen molar-refractivity contribution in [2.45, 2.75) is 31.1 Å². The molecular formula is C11H12Cl4OS. The number of rotatable bonds is 5. The molecule has 17 heavy (non-hydrogen) atoms. The molecule has 1 aromatic carbocycles. The van der Waals surface area contributed by atoms with Crippen LogP contribution in [0, 0.1) is 0 Å². The molecule has 1 N–H and O–H groups in total. The van der Waals surface area contributed by atoms with Crippen LogP contribution in [0.3, 0.4) is 0 Å². The van der Waals surface area contributed by atoms with E-state index >= 15 is 0 Å². The highest BCUT2D eigenvalue weighted by Crippen LogP contribution is 2.49. The van der Waals surface area contributed by atoms with Crippen LogP contribution in [0.2, 0.25) is 20.1 Å². The van der Waals surface area contributed by atoms with Crippen LogP contribution in [-0.2, 0) is 0 Å². The predicted octanol–water partition coefficient (Wildman–Crippen LogP) is 6.29. The average molecular weight is 334 g/mol. The van der Waals surface area contributed by atoms with Crippen LogP contribution in [-0.4, -0.2) is 10.9 Å². The standard InChI is InChI=1S/C11H12Cl4OS/c1-2-3-4-5-17-11-8(14)6(12)10(16)7(13)9(11)15/h16H,2-5H2,1H3. The Morgan fingerprint density at radius 3 is 1.94 bits per heavy atom. The normalized spacial score (nSPS) is 10.9. The van der Waals surface area contributed by atoms with E-state index in [0.29, 0.717) is 4.90 Å². The van der Waals surface area contributed by atoms with Crippen molar-refractivity contribution in [3.05, 3.63) is 20.1 Å². The van der Waals surface area contributed by atoms with Gasteiger partial charge in [-0.15, -0.1) is 11.8 Å². The lowest BCUT2D eigenvalue weighted by atomic mass is 10.3. The highest BCUT2D eigenvalue weighted by Gasteiger charge is 2.19. The fraction of sp³-hybridized carbons (Fsp3) is 0.455. The number of phenolic OH excluding ortho intramolecular Hbond substituents is 1. The lowest BCUT2D eigenvalue weighted by Gasteiger charge is -2.11. The van der Waals surface area contributed by atoms with Crippen molar-refractivity contribution in [1.29, 1.82) is 0 Å². The molecular weight excluding hydrogens is 322 g/mol. The first-order valence-corrected chi connectivity index (χ1v) is 7.68. The highest BCUT2D eigenvalue weighted by atomic mass is 35.5. The Hall–Kier alpha value is 0.530. The fourth-order valence-electron chi connectivity index (χ4n) is 1.25. The molecule has 0 aliphatic heterocycles. The zero-order valence-electron chi connectivity index (χ0n) is 9.20. The number of hydrogen-bond donors (Lipinski definition) is 1. The minimum Gasteiger partial charge on any atom is -0.505 e. The molecule has 6 heteroatoms. The van der Waals surface area contributed by atoms with Crippen molar-refractivity contribution < 1.29 is 5.11 Å². The van der Waals surface area contributed by atoms with E-state index in [2.05, 4.69) is 6.92 Å². The number of aromatic hydroxyl groups is 1. The lowest BCUT2D eigenvalue weighted by Crippen LogP contribution is -1.86. The molecule has 0 aliphatic carbocycles. The largest absolute Gasteiger partial charge is 0.505 e. The van der Waals surface area contributed by atoms with Gasteiger partial charge in [-0.1, -0.05) is 66.2 Å². The van der Waals surface area contributed by atoms with Crippen molar-refractivity contribution in [3.63, 3.8) is 0 Å². The summed E-state index contributed by atoms with van der Waals surface area (Å²) in [5.74, 6) is 0.631. The molecule has 96 valence electrons. The average Bonchev–Trinajstić information content (AvgIpc) is 2.33. The lowest BCUT2D eigenvalue weighted by molar-refractivity contribution is 0.475. The number of halogens is 4. The molecule has 0 aliphatic rings. The summed E-state index contributed by atoms with van der Waals surface area (Å²) in [5, 5.41) is 10.2. The molecule has 0 unspecified atom stereocenters. The van der Waals surface area contributed by atoms with E-state index in [1.807, 2.05) is 0 Å². The first kappa shape index (κ1) is 15.6. The molecule has 0 amide bonds. The number of benzene rings is 1.